The average Bonchev–Trinajstić information content (AvgIpc) is 2.62. The van der Waals surface area contributed by atoms with Gasteiger partial charge in [-0.3, -0.25) is 4.90 Å². The first-order chi connectivity index (χ1) is 6.70. The molecule has 0 spiro atoms. The zero-order valence-electron chi connectivity index (χ0n) is 10.2. The third-order valence-electron chi connectivity index (χ3n) is 3.49. The Morgan fingerprint density at radius 3 is 2.64 bits per heavy atom. The monoisotopic (exact) mass is 198 g/mol. The van der Waals surface area contributed by atoms with E-state index in [0.717, 1.165) is 24.5 Å². The minimum atomic E-state index is 0.745. The first-order valence-corrected chi connectivity index (χ1v) is 6.11. The number of likely N-dealkylation sites (N-methyl/N-ethyl adjacent to an activating group) is 1. The van der Waals surface area contributed by atoms with Crippen LogP contribution in [0.4, 0.5) is 0 Å². The molecule has 0 aromatic heterocycles. The van der Waals surface area contributed by atoms with Gasteiger partial charge in [0.2, 0.25) is 0 Å². The van der Waals surface area contributed by atoms with Crippen LogP contribution in [-0.2, 0) is 0 Å². The van der Waals surface area contributed by atoms with Crippen LogP contribution in [0, 0.1) is 5.92 Å². The van der Waals surface area contributed by atoms with E-state index in [2.05, 4.69) is 38.0 Å². The molecule has 2 nitrogen and oxygen atoms in total. The van der Waals surface area contributed by atoms with Crippen molar-refractivity contribution in [2.24, 2.45) is 5.92 Å². The summed E-state index contributed by atoms with van der Waals surface area (Å²) in [6.07, 6.45) is 4.06. The first-order valence-electron chi connectivity index (χ1n) is 6.11. The summed E-state index contributed by atoms with van der Waals surface area (Å²) in [5, 5.41) is 3.31. The second-order valence-corrected chi connectivity index (χ2v) is 4.81. The Kier molecular flexibility index (Phi) is 4.90. The maximum Gasteiger partial charge on any atom is 0.0220 e. The van der Waals surface area contributed by atoms with Gasteiger partial charge in [0.1, 0.15) is 0 Å². The molecule has 2 unspecified atom stereocenters. The summed E-state index contributed by atoms with van der Waals surface area (Å²) in [5.41, 5.74) is 0. The normalized spacial score (nSPS) is 25.9. The molecule has 0 saturated carbocycles. The molecule has 2 atom stereocenters. The van der Waals surface area contributed by atoms with Gasteiger partial charge in [-0.05, 0) is 38.8 Å². The van der Waals surface area contributed by atoms with Crippen molar-refractivity contribution in [3.8, 4) is 0 Å². The Labute approximate surface area is 89.1 Å². The lowest BCUT2D eigenvalue weighted by molar-refractivity contribution is 0.141. The maximum atomic E-state index is 3.31. The van der Waals surface area contributed by atoms with Crippen LogP contribution in [0.15, 0.2) is 0 Å². The summed E-state index contributed by atoms with van der Waals surface area (Å²) >= 11 is 0. The van der Waals surface area contributed by atoms with E-state index in [-0.39, 0.29) is 0 Å². The Morgan fingerprint density at radius 1 is 1.43 bits per heavy atom. The molecule has 1 aliphatic heterocycles. The summed E-state index contributed by atoms with van der Waals surface area (Å²) in [5.74, 6) is 0.809. The van der Waals surface area contributed by atoms with Crippen molar-refractivity contribution in [1.82, 2.24) is 10.2 Å². The fourth-order valence-corrected chi connectivity index (χ4v) is 2.72. The fourth-order valence-electron chi connectivity index (χ4n) is 2.72. The van der Waals surface area contributed by atoms with Crippen molar-refractivity contribution in [2.45, 2.75) is 52.1 Å². The highest BCUT2D eigenvalue weighted by atomic mass is 15.2. The highest BCUT2D eigenvalue weighted by Gasteiger charge is 2.30. The molecule has 14 heavy (non-hydrogen) atoms. The van der Waals surface area contributed by atoms with Crippen molar-refractivity contribution in [1.29, 1.82) is 0 Å². The number of hydrogen-bond acceptors (Lipinski definition) is 2. The van der Waals surface area contributed by atoms with Crippen molar-refractivity contribution in [2.75, 3.05) is 20.1 Å². The summed E-state index contributed by atoms with van der Waals surface area (Å²) in [6, 6.07) is 1.57. The standard InChI is InChI=1S/C12H26N2/c1-5-11(9-13-4)14-8-6-7-12(14)10(2)3/h10-13H,5-9H2,1-4H3. The molecule has 1 heterocycles. The minimum Gasteiger partial charge on any atom is -0.318 e. The fraction of sp³-hybridized carbons (Fsp3) is 1.00. The van der Waals surface area contributed by atoms with E-state index >= 15 is 0 Å². The van der Waals surface area contributed by atoms with Crippen LogP contribution in [0.25, 0.3) is 0 Å². The zero-order chi connectivity index (χ0) is 10.6. The van der Waals surface area contributed by atoms with Gasteiger partial charge in [-0.15, -0.1) is 0 Å². The third kappa shape index (κ3) is 2.71. The van der Waals surface area contributed by atoms with Gasteiger partial charge in [-0.25, -0.2) is 0 Å². The highest BCUT2D eigenvalue weighted by Crippen LogP contribution is 2.26. The lowest BCUT2D eigenvalue weighted by Crippen LogP contribution is -2.45. The van der Waals surface area contributed by atoms with E-state index in [4.69, 9.17) is 0 Å². The summed E-state index contributed by atoms with van der Waals surface area (Å²) < 4.78 is 0. The zero-order valence-corrected chi connectivity index (χ0v) is 10.2. The SMILES string of the molecule is CCC(CNC)N1CCCC1C(C)C. The van der Waals surface area contributed by atoms with Gasteiger partial charge in [0.25, 0.3) is 0 Å². The largest absolute Gasteiger partial charge is 0.318 e. The molecule has 0 bridgehead atoms. The molecule has 1 fully saturated rings. The van der Waals surface area contributed by atoms with Gasteiger partial charge in [0, 0.05) is 18.6 Å². The minimum absolute atomic E-state index is 0.745. The van der Waals surface area contributed by atoms with Crippen molar-refractivity contribution in [3.63, 3.8) is 0 Å². The molecule has 2 heteroatoms. The topological polar surface area (TPSA) is 15.3 Å². The van der Waals surface area contributed by atoms with Crippen molar-refractivity contribution in [3.05, 3.63) is 0 Å². The molecule has 0 aliphatic carbocycles. The van der Waals surface area contributed by atoms with E-state index in [9.17, 15) is 0 Å². The smallest absolute Gasteiger partial charge is 0.0220 e. The molecular formula is C12H26N2. The van der Waals surface area contributed by atoms with Crippen LogP contribution in [0.2, 0.25) is 0 Å². The summed E-state index contributed by atoms with van der Waals surface area (Å²) in [6.45, 7) is 9.46. The molecule has 0 aromatic carbocycles. The van der Waals surface area contributed by atoms with Gasteiger partial charge >= 0.3 is 0 Å². The molecule has 1 aliphatic rings. The Morgan fingerprint density at radius 2 is 2.14 bits per heavy atom. The molecule has 1 saturated heterocycles. The lowest BCUT2D eigenvalue weighted by atomic mass is 10.00. The van der Waals surface area contributed by atoms with E-state index in [1.54, 1.807) is 0 Å². The van der Waals surface area contributed by atoms with Gasteiger partial charge < -0.3 is 5.32 Å². The van der Waals surface area contributed by atoms with Crippen LogP contribution < -0.4 is 5.32 Å². The summed E-state index contributed by atoms with van der Waals surface area (Å²) in [4.78, 5) is 2.72. The average molecular weight is 198 g/mol. The Hall–Kier alpha value is -0.0800. The van der Waals surface area contributed by atoms with Crippen molar-refractivity contribution >= 4 is 0 Å². The number of likely N-dealkylation sites (tertiary alicyclic amines) is 1. The first kappa shape index (κ1) is 12.0. The molecule has 0 radical (unpaired) electrons. The van der Waals surface area contributed by atoms with E-state index in [0.29, 0.717) is 0 Å². The number of rotatable bonds is 5. The number of nitrogens with zero attached hydrogens (tertiary/aromatic N) is 1. The van der Waals surface area contributed by atoms with Crippen molar-refractivity contribution < 1.29 is 0 Å². The van der Waals surface area contributed by atoms with Gasteiger partial charge in [0.05, 0.1) is 0 Å². The van der Waals surface area contributed by atoms with Crippen LogP contribution in [0.5, 0.6) is 0 Å². The molecule has 0 amide bonds. The second-order valence-electron chi connectivity index (χ2n) is 4.81. The summed E-state index contributed by atoms with van der Waals surface area (Å²) in [7, 11) is 2.06. The molecular weight excluding hydrogens is 172 g/mol. The predicted molar refractivity (Wildman–Crippen MR) is 62.6 cm³/mol. The quantitative estimate of drug-likeness (QED) is 0.728. The number of nitrogens with one attached hydrogen (secondary N) is 1. The number of hydrogen-bond donors (Lipinski definition) is 1. The van der Waals surface area contributed by atoms with Crippen LogP contribution in [0.1, 0.15) is 40.0 Å². The molecule has 0 aromatic rings. The van der Waals surface area contributed by atoms with Crippen LogP contribution >= 0.6 is 0 Å². The Balaban J connectivity index is 2.54. The highest BCUT2D eigenvalue weighted by molar-refractivity contribution is 4.86. The predicted octanol–water partition coefficient (Wildman–Crippen LogP) is 2.10. The van der Waals surface area contributed by atoms with Gasteiger partial charge in [-0.2, -0.15) is 0 Å². The van der Waals surface area contributed by atoms with Crippen LogP contribution in [-0.4, -0.2) is 37.1 Å². The third-order valence-corrected chi connectivity index (χ3v) is 3.49. The van der Waals surface area contributed by atoms with E-state index in [1.807, 2.05) is 0 Å². The maximum absolute atomic E-state index is 3.31. The molecule has 1 N–H and O–H groups in total. The van der Waals surface area contributed by atoms with Crippen LogP contribution in [0.3, 0.4) is 0 Å². The molecule has 84 valence electrons. The Bertz CT molecular complexity index is 156. The molecule has 1 rings (SSSR count). The van der Waals surface area contributed by atoms with Gasteiger partial charge in [-0.1, -0.05) is 20.8 Å². The lowest BCUT2D eigenvalue weighted by Gasteiger charge is -2.34. The van der Waals surface area contributed by atoms with E-state index in [1.165, 1.54) is 25.8 Å². The van der Waals surface area contributed by atoms with E-state index < -0.39 is 0 Å². The second kappa shape index (κ2) is 5.72. The van der Waals surface area contributed by atoms with Gasteiger partial charge in [0.15, 0.2) is 0 Å².